The quantitative estimate of drug-likeness (QED) is 0.0854. The van der Waals surface area contributed by atoms with E-state index in [4.69, 9.17) is 4.74 Å². The molecule has 2 atom stereocenters. The zero-order chi connectivity index (χ0) is 31.3. The summed E-state index contributed by atoms with van der Waals surface area (Å²) in [4.78, 5) is 29.7. The van der Waals surface area contributed by atoms with E-state index in [1.807, 2.05) is 0 Å². The van der Waals surface area contributed by atoms with Gasteiger partial charge in [0.05, 0.1) is 30.5 Å². The minimum atomic E-state index is -1.22. The number of aromatic amines is 1. The van der Waals surface area contributed by atoms with Crippen molar-refractivity contribution in [2.24, 2.45) is 0 Å². The molecule has 2 aromatic carbocycles. The molecule has 10 nitrogen and oxygen atoms in total. The lowest BCUT2D eigenvalue weighted by Gasteiger charge is -2.18. The lowest BCUT2D eigenvalue weighted by molar-refractivity contribution is 0.176. The van der Waals surface area contributed by atoms with Gasteiger partial charge in [0.1, 0.15) is 17.3 Å². The van der Waals surface area contributed by atoms with Gasteiger partial charge in [-0.25, -0.2) is 9.18 Å². The number of aromatic hydroxyl groups is 1. The number of nitrogens with zero attached hydrogens (tertiary/aromatic N) is 1. The molecule has 0 fully saturated rings. The molecule has 0 bridgehead atoms. The first-order valence-corrected chi connectivity index (χ1v) is 14.9. The molecule has 44 heavy (non-hydrogen) atoms. The molecule has 4 rings (SSSR count). The number of aliphatic hydroxyl groups excluding tert-OH is 1. The van der Waals surface area contributed by atoms with Gasteiger partial charge in [-0.3, -0.25) is 9.78 Å². The smallest absolute Gasteiger partial charge is 0.405 e. The molecule has 0 aliphatic carbocycles. The van der Waals surface area contributed by atoms with E-state index in [9.17, 15) is 29.3 Å². The fourth-order valence-corrected chi connectivity index (χ4v) is 5.17. The predicted molar refractivity (Wildman–Crippen MR) is 166 cm³/mol. The van der Waals surface area contributed by atoms with Crippen LogP contribution in [0.2, 0.25) is 0 Å². The van der Waals surface area contributed by atoms with Gasteiger partial charge in [-0.2, -0.15) is 0 Å². The lowest BCUT2D eigenvalue weighted by atomic mass is 10.00. The van der Waals surface area contributed by atoms with Crippen molar-refractivity contribution in [3.8, 4) is 11.5 Å². The van der Waals surface area contributed by atoms with Gasteiger partial charge < -0.3 is 35.7 Å². The van der Waals surface area contributed by atoms with E-state index in [0.717, 1.165) is 51.5 Å². The van der Waals surface area contributed by atoms with Crippen LogP contribution in [0, 0.1) is 5.82 Å². The second-order valence-electron chi connectivity index (χ2n) is 10.7. The van der Waals surface area contributed by atoms with Gasteiger partial charge in [-0.1, -0.05) is 50.3 Å². The molecule has 0 spiro atoms. The number of hydrogen-bond donors (Lipinski definition) is 6. The molecule has 2 heterocycles. The Balaban J connectivity index is 1.08. The Bertz CT molecular complexity index is 1580. The van der Waals surface area contributed by atoms with E-state index < -0.39 is 24.1 Å². The number of fused-ring (bicyclic) bond motifs is 1. The first kappa shape index (κ1) is 32.4. The minimum Gasteiger partial charge on any atom is -0.506 e. The molecule has 234 valence electrons. The first-order chi connectivity index (χ1) is 21.3. The number of amides is 1. The Labute approximate surface area is 254 Å². The van der Waals surface area contributed by atoms with Crippen molar-refractivity contribution in [1.29, 1.82) is 0 Å². The van der Waals surface area contributed by atoms with Gasteiger partial charge in [0.2, 0.25) is 5.56 Å². The Kier molecular flexibility index (Phi) is 12.1. The molecular formula is C33H39FN4O6. The number of ether oxygens (including phenoxy) is 1. The topological polar surface area (TPSA) is 157 Å². The molecule has 4 aromatic rings. The number of phenols is 1. The van der Waals surface area contributed by atoms with Gasteiger partial charge in [-0.15, -0.1) is 0 Å². The highest BCUT2D eigenvalue weighted by atomic mass is 19.1. The van der Waals surface area contributed by atoms with Crippen LogP contribution in [-0.4, -0.2) is 51.1 Å². The Morgan fingerprint density at radius 3 is 2.50 bits per heavy atom. The van der Waals surface area contributed by atoms with Crippen molar-refractivity contribution in [3.63, 3.8) is 0 Å². The van der Waals surface area contributed by atoms with Crippen LogP contribution in [0.25, 0.3) is 10.9 Å². The molecule has 2 aromatic heterocycles. The van der Waals surface area contributed by atoms with Crippen molar-refractivity contribution in [1.82, 2.24) is 20.6 Å². The third-order valence-electron chi connectivity index (χ3n) is 7.39. The summed E-state index contributed by atoms with van der Waals surface area (Å²) in [5.41, 5.74) is 1.70. The van der Waals surface area contributed by atoms with Gasteiger partial charge >= 0.3 is 6.09 Å². The van der Waals surface area contributed by atoms with Crippen molar-refractivity contribution in [3.05, 3.63) is 99.9 Å². The van der Waals surface area contributed by atoms with Gasteiger partial charge in [0.25, 0.3) is 0 Å². The van der Waals surface area contributed by atoms with Crippen LogP contribution >= 0.6 is 0 Å². The second kappa shape index (κ2) is 16.4. The number of benzene rings is 2. The van der Waals surface area contributed by atoms with Gasteiger partial charge in [0, 0.05) is 29.8 Å². The summed E-state index contributed by atoms with van der Waals surface area (Å²) >= 11 is 0. The van der Waals surface area contributed by atoms with E-state index >= 15 is 0 Å². The molecule has 0 aliphatic heterocycles. The van der Waals surface area contributed by atoms with Crippen molar-refractivity contribution in [2.45, 2.75) is 57.1 Å². The number of halogens is 1. The number of nitrogens with one attached hydrogen (secondary N) is 3. The van der Waals surface area contributed by atoms with Crippen LogP contribution in [0.3, 0.4) is 0 Å². The Morgan fingerprint density at radius 2 is 1.73 bits per heavy atom. The van der Waals surface area contributed by atoms with Gasteiger partial charge in [-0.05, 0) is 60.8 Å². The zero-order valence-corrected chi connectivity index (χ0v) is 24.5. The molecule has 0 radical (unpaired) electrons. The highest BCUT2D eigenvalue weighted by Crippen LogP contribution is 2.29. The number of phenolic OH excluding ortho intramolecular Hbond substituents is 1. The molecule has 1 unspecified atom stereocenters. The third-order valence-corrected chi connectivity index (χ3v) is 7.39. The van der Waals surface area contributed by atoms with Crippen LogP contribution in [0.15, 0.2) is 71.8 Å². The van der Waals surface area contributed by atoms with E-state index in [0.29, 0.717) is 46.5 Å². The summed E-state index contributed by atoms with van der Waals surface area (Å²) in [6.07, 6.45) is 8.44. The van der Waals surface area contributed by atoms with Crippen molar-refractivity contribution in [2.75, 3.05) is 19.7 Å². The summed E-state index contributed by atoms with van der Waals surface area (Å²) in [6, 6.07) is 12.9. The number of H-pyrrole nitrogens is 1. The average molecular weight is 607 g/mol. The predicted octanol–water partition coefficient (Wildman–Crippen LogP) is 5.56. The summed E-state index contributed by atoms with van der Waals surface area (Å²) in [7, 11) is 0. The van der Waals surface area contributed by atoms with E-state index in [-0.39, 0.29) is 11.3 Å². The van der Waals surface area contributed by atoms with Crippen LogP contribution in [-0.2, 0) is 0 Å². The standard InChI is InChI=1S/C33H39FN4O6/c34-24-10-8-9-22(17-24)31(38-33(42)43)23-18-25(20-36-19-23)44-16-7-5-3-1-2-4-6-15-35-21-29(40)26-11-13-28(39)32-27(26)12-14-30(41)37-32/h8-14,17-20,29,31,35,38-40H,1-7,15-16,21H2,(H,37,41)(H,42,43)/t29-,31?/m1/s1. The number of unbranched alkanes of at least 4 members (excludes halogenated alkanes) is 6. The molecule has 6 N–H and O–H groups in total. The van der Waals surface area contributed by atoms with Crippen LogP contribution in [0.4, 0.5) is 9.18 Å². The van der Waals surface area contributed by atoms with Crippen LogP contribution < -0.4 is 20.9 Å². The number of aliphatic hydroxyl groups is 1. The maximum atomic E-state index is 13.7. The number of aromatic nitrogens is 2. The fraction of sp³-hybridized carbons (Fsp3) is 0.364. The SMILES string of the molecule is O=C(O)NC(c1cccc(F)c1)c1cncc(OCCCCCCCCCNC[C@@H](O)c2ccc(O)c3[nH]c(=O)ccc23)c1. The number of rotatable bonds is 17. The zero-order valence-electron chi connectivity index (χ0n) is 24.5. The highest BCUT2D eigenvalue weighted by molar-refractivity contribution is 5.87. The largest absolute Gasteiger partial charge is 0.506 e. The van der Waals surface area contributed by atoms with E-state index in [1.165, 1.54) is 36.5 Å². The molecule has 0 saturated carbocycles. The molecule has 1 amide bonds. The fourth-order valence-electron chi connectivity index (χ4n) is 5.17. The summed E-state index contributed by atoms with van der Waals surface area (Å²) in [5, 5.41) is 36.3. The summed E-state index contributed by atoms with van der Waals surface area (Å²) in [6.45, 7) is 1.67. The molecular weight excluding hydrogens is 567 g/mol. The van der Waals surface area contributed by atoms with Crippen molar-refractivity contribution >= 4 is 17.0 Å². The minimum absolute atomic E-state index is 0.0270. The molecule has 11 heteroatoms. The maximum absolute atomic E-state index is 13.7. The Morgan fingerprint density at radius 1 is 0.955 bits per heavy atom. The molecule has 0 aliphatic rings. The van der Waals surface area contributed by atoms with Crippen LogP contribution in [0.1, 0.15) is 73.8 Å². The lowest BCUT2D eigenvalue weighted by Crippen LogP contribution is -2.27. The van der Waals surface area contributed by atoms with E-state index in [1.54, 1.807) is 30.5 Å². The Hall–Kier alpha value is -4.48. The van der Waals surface area contributed by atoms with Crippen LogP contribution in [0.5, 0.6) is 11.5 Å². The summed E-state index contributed by atoms with van der Waals surface area (Å²) < 4.78 is 19.6. The number of pyridine rings is 2. The summed E-state index contributed by atoms with van der Waals surface area (Å²) in [5.74, 6) is 0.0525. The number of hydrogen-bond acceptors (Lipinski definition) is 7. The monoisotopic (exact) mass is 606 g/mol. The normalized spacial score (nSPS) is 12.6. The number of carboxylic acid groups (broad SMARTS) is 1. The maximum Gasteiger partial charge on any atom is 0.405 e. The van der Waals surface area contributed by atoms with E-state index in [2.05, 4.69) is 20.6 Å². The second-order valence-corrected chi connectivity index (χ2v) is 10.7. The average Bonchev–Trinajstić information content (AvgIpc) is 3.00. The third kappa shape index (κ3) is 9.51. The number of carbonyl (C=O) groups is 1. The van der Waals surface area contributed by atoms with Gasteiger partial charge in [0.15, 0.2) is 0 Å². The molecule has 0 saturated heterocycles. The highest BCUT2D eigenvalue weighted by Gasteiger charge is 2.18. The first-order valence-electron chi connectivity index (χ1n) is 14.9. The van der Waals surface area contributed by atoms with Crippen molar-refractivity contribution < 1.29 is 29.2 Å².